The first-order valence-corrected chi connectivity index (χ1v) is 8.71. The van der Waals surface area contributed by atoms with E-state index in [0.717, 1.165) is 37.5 Å². The molecule has 0 aromatic heterocycles. The molecule has 1 aromatic carbocycles. The number of carbonyl (C=O) groups is 1. The molecule has 0 radical (unpaired) electrons. The standard InChI is InChI=1S/C18H26N4O2/c1-19-18(22-15-6-7-15)20-11-10-13-2-8-16(9-3-13)24-12-17(23)21-14-4-5-14/h2-3,8-9,14-15H,4-7,10-12H2,1H3,(H,21,23)(H2,19,20,22). The molecule has 3 rings (SSSR count). The van der Waals surface area contributed by atoms with E-state index in [0.29, 0.717) is 12.1 Å². The number of aliphatic imine (C=N–C) groups is 1. The van der Waals surface area contributed by atoms with Crippen molar-refractivity contribution in [1.29, 1.82) is 0 Å². The number of ether oxygens (including phenoxy) is 1. The predicted molar refractivity (Wildman–Crippen MR) is 94.3 cm³/mol. The van der Waals surface area contributed by atoms with E-state index in [2.05, 4.69) is 20.9 Å². The molecule has 2 aliphatic carbocycles. The highest BCUT2D eigenvalue weighted by atomic mass is 16.5. The average Bonchev–Trinajstić information content (AvgIpc) is 3.49. The molecule has 6 heteroatoms. The molecular formula is C18H26N4O2. The Labute approximate surface area is 143 Å². The Hall–Kier alpha value is -2.24. The van der Waals surface area contributed by atoms with Crippen LogP contribution in [-0.4, -0.2) is 44.1 Å². The smallest absolute Gasteiger partial charge is 0.258 e. The number of guanidine groups is 1. The fourth-order valence-corrected chi connectivity index (χ4v) is 2.34. The van der Waals surface area contributed by atoms with E-state index in [1.54, 1.807) is 7.05 Å². The number of rotatable bonds is 8. The predicted octanol–water partition coefficient (Wildman–Crippen LogP) is 1.21. The normalized spacial score (nSPS) is 17.3. The van der Waals surface area contributed by atoms with Crippen LogP contribution in [0.25, 0.3) is 0 Å². The quantitative estimate of drug-likeness (QED) is 0.495. The maximum Gasteiger partial charge on any atom is 0.258 e. The Balaban J connectivity index is 1.35. The number of hydrogen-bond acceptors (Lipinski definition) is 3. The minimum Gasteiger partial charge on any atom is -0.484 e. The maximum atomic E-state index is 11.6. The molecule has 0 aliphatic heterocycles. The zero-order valence-corrected chi connectivity index (χ0v) is 14.2. The van der Waals surface area contributed by atoms with Crippen molar-refractivity contribution in [3.05, 3.63) is 29.8 Å². The van der Waals surface area contributed by atoms with Gasteiger partial charge in [-0.15, -0.1) is 0 Å². The first kappa shape index (κ1) is 16.6. The number of hydrogen-bond donors (Lipinski definition) is 3. The molecule has 2 saturated carbocycles. The number of nitrogens with zero attached hydrogens (tertiary/aromatic N) is 1. The summed E-state index contributed by atoms with van der Waals surface area (Å²) in [6.07, 6.45) is 5.57. The summed E-state index contributed by atoms with van der Waals surface area (Å²) in [6, 6.07) is 8.88. The van der Waals surface area contributed by atoms with Gasteiger partial charge in [0.05, 0.1) is 0 Å². The average molecular weight is 330 g/mol. The Kier molecular flexibility index (Phi) is 5.56. The Morgan fingerprint density at radius 3 is 2.42 bits per heavy atom. The van der Waals surface area contributed by atoms with Gasteiger partial charge in [0.25, 0.3) is 5.91 Å². The second kappa shape index (κ2) is 8.04. The van der Waals surface area contributed by atoms with Gasteiger partial charge in [0, 0.05) is 25.7 Å². The van der Waals surface area contributed by atoms with Crippen LogP contribution >= 0.6 is 0 Å². The summed E-state index contributed by atoms with van der Waals surface area (Å²) >= 11 is 0. The van der Waals surface area contributed by atoms with Crippen molar-refractivity contribution in [2.24, 2.45) is 4.99 Å². The largest absolute Gasteiger partial charge is 0.484 e. The van der Waals surface area contributed by atoms with E-state index in [9.17, 15) is 4.79 Å². The zero-order valence-electron chi connectivity index (χ0n) is 14.2. The monoisotopic (exact) mass is 330 g/mol. The van der Waals surface area contributed by atoms with Gasteiger partial charge in [0.15, 0.2) is 12.6 Å². The zero-order chi connectivity index (χ0) is 16.8. The van der Waals surface area contributed by atoms with Crippen LogP contribution in [0.5, 0.6) is 5.75 Å². The van der Waals surface area contributed by atoms with Crippen molar-refractivity contribution in [2.45, 2.75) is 44.2 Å². The lowest BCUT2D eigenvalue weighted by atomic mass is 10.1. The third-order valence-corrected chi connectivity index (χ3v) is 4.08. The van der Waals surface area contributed by atoms with Crippen LogP contribution in [0.4, 0.5) is 0 Å². The van der Waals surface area contributed by atoms with Crippen LogP contribution in [0.2, 0.25) is 0 Å². The molecule has 0 bridgehead atoms. The van der Waals surface area contributed by atoms with Crippen molar-refractivity contribution in [1.82, 2.24) is 16.0 Å². The van der Waals surface area contributed by atoms with Crippen LogP contribution in [0, 0.1) is 0 Å². The van der Waals surface area contributed by atoms with Crippen molar-refractivity contribution < 1.29 is 9.53 Å². The lowest BCUT2D eigenvalue weighted by molar-refractivity contribution is -0.123. The van der Waals surface area contributed by atoms with Crippen molar-refractivity contribution in [2.75, 3.05) is 20.2 Å². The van der Waals surface area contributed by atoms with E-state index in [-0.39, 0.29) is 12.5 Å². The molecule has 0 spiro atoms. The van der Waals surface area contributed by atoms with Gasteiger partial charge < -0.3 is 20.7 Å². The van der Waals surface area contributed by atoms with Gasteiger partial charge in [-0.25, -0.2) is 0 Å². The Morgan fingerprint density at radius 2 is 1.79 bits per heavy atom. The van der Waals surface area contributed by atoms with Gasteiger partial charge in [-0.05, 0) is 49.8 Å². The molecule has 0 unspecified atom stereocenters. The van der Waals surface area contributed by atoms with Crippen LogP contribution in [0.1, 0.15) is 31.2 Å². The van der Waals surface area contributed by atoms with E-state index < -0.39 is 0 Å². The highest BCUT2D eigenvalue weighted by Gasteiger charge is 2.23. The molecule has 2 aliphatic rings. The van der Waals surface area contributed by atoms with Gasteiger partial charge in [0.2, 0.25) is 0 Å². The Bertz CT molecular complexity index is 577. The number of benzene rings is 1. The number of carbonyl (C=O) groups excluding carboxylic acids is 1. The molecule has 130 valence electrons. The summed E-state index contributed by atoms with van der Waals surface area (Å²) in [5.41, 5.74) is 1.22. The summed E-state index contributed by atoms with van der Waals surface area (Å²) < 4.78 is 5.51. The summed E-state index contributed by atoms with van der Waals surface area (Å²) in [6.45, 7) is 0.914. The minimum atomic E-state index is -0.0414. The van der Waals surface area contributed by atoms with E-state index >= 15 is 0 Å². The van der Waals surface area contributed by atoms with Crippen LogP contribution in [-0.2, 0) is 11.2 Å². The molecule has 0 atom stereocenters. The topological polar surface area (TPSA) is 74.8 Å². The second-order valence-electron chi connectivity index (χ2n) is 6.44. The van der Waals surface area contributed by atoms with Crippen molar-refractivity contribution in [3.8, 4) is 5.75 Å². The number of nitrogens with one attached hydrogen (secondary N) is 3. The minimum absolute atomic E-state index is 0.0414. The molecule has 0 heterocycles. The van der Waals surface area contributed by atoms with Crippen LogP contribution in [0.15, 0.2) is 29.3 Å². The third-order valence-electron chi connectivity index (χ3n) is 4.08. The fourth-order valence-electron chi connectivity index (χ4n) is 2.34. The third kappa shape index (κ3) is 5.76. The van der Waals surface area contributed by atoms with Gasteiger partial charge >= 0.3 is 0 Å². The molecule has 2 fully saturated rings. The van der Waals surface area contributed by atoms with Gasteiger partial charge in [-0.3, -0.25) is 9.79 Å². The first-order valence-electron chi connectivity index (χ1n) is 8.71. The van der Waals surface area contributed by atoms with E-state index in [1.165, 1.54) is 18.4 Å². The second-order valence-corrected chi connectivity index (χ2v) is 6.44. The summed E-state index contributed by atoms with van der Waals surface area (Å²) in [4.78, 5) is 15.8. The molecule has 1 amide bonds. The summed E-state index contributed by atoms with van der Waals surface area (Å²) in [5.74, 6) is 1.56. The van der Waals surface area contributed by atoms with Crippen molar-refractivity contribution >= 4 is 11.9 Å². The summed E-state index contributed by atoms with van der Waals surface area (Å²) in [5, 5.41) is 9.59. The summed E-state index contributed by atoms with van der Waals surface area (Å²) in [7, 11) is 1.79. The lowest BCUT2D eigenvalue weighted by Gasteiger charge is -2.11. The van der Waals surface area contributed by atoms with Gasteiger partial charge in [-0.2, -0.15) is 0 Å². The molecule has 24 heavy (non-hydrogen) atoms. The molecule has 1 aromatic rings. The van der Waals surface area contributed by atoms with Gasteiger partial charge in [0.1, 0.15) is 5.75 Å². The first-order chi connectivity index (χ1) is 11.7. The fraction of sp³-hybridized carbons (Fsp3) is 0.556. The molecule has 6 nitrogen and oxygen atoms in total. The molecular weight excluding hydrogens is 304 g/mol. The van der Waals surface area contributed by atoms with E-state index in [1.807, 2.05) is 24.3 Å². The highest BCUT2D eigenvalue weighted by Crippen LogP contribution is 2.19. The molecule has 3 N–H and O–H groups in total. The molecule has 0 saturated heterocycles. The van der Waals surface area contributed by atoms with Crippen LogP contribution < -0.4 is 20.7 Å². The highest BCUT2D eigenvalue weighted by molar-refractivity contribution is 5.80. The SMILES string of the molecule is CN=C(NCCc1ccc(OCC(=O)NC2CC2)cc1)NC1CC1. The maximum absolute atomic E-state index is 11.6. The lowest BCUT2D eigenvalue weighted by Crippen LogP contribution is -2.39. The number of amides is 1. The van der Waals surface area contributed by atoms with Crippen LogP contribution in [0.3, 0.4) is 0 Å². The van der Waals surface area contributed by atoms with Crippen molar-refractivity contribution in [3.63, 3.8) is 0 Å². The van der Waals surface area contributed by atoms with Gasteiger partial charge in [-0.1, -0.05) is 12.1 Å². The Morgan fingerprint density at radius 1 is 1.12 bits per heavy atom. The van der Waals surface area contributed by atoms with E-state index in [4.69, 9.17) is 4.74 Å².